The molecule has 8 nitrogen and oxygen atoms in total. The van der Waals surface area contributed by atoms with E-state index in [1.54, 1.807) is 10.6 Å². The number of hydrogen-bond acceptors (Lipinski definition) is 4. The second-order valence-corrected chi connectivity index (χ2v) is 8.22. The number of nitrogens with zero attached hydrogens (tertiary/aromatic N) is 3. The predicted molar refractivity (Wildman–Crippen MR) is 107 cm³/mol. The highest BCUT2D eigenvalue weighted by Crippen LogP contribution is 2.35. The Balaban J connectivity index is 1.32. The van der Waals surface area contributed by atoms with Gasteiger partial charge >= 0.3 is 5.56 Å². The number of likely N-dealkylation sites (tertiary alicyclic amines) is 1. The fourth-order valence-corrected chi connectivity index (χ4v) is 4.74. The van der Waals surface area contributed by atoms with Crippen LogP contribution in [-0.4, -0.2) is 38.2 Å². The first-order valence-corrected chi connectivity index (χ1v) is 10.4. The van der Waals surface area contributed by atoms with E-state index in [0.29, 0.717) is 26.1 Å². The van der Waals surface area contributed by atoms with Crippen LogP contribution in [0.3, 0.4) is 0 Å². The molecule has 1 saturated heterocycles. The lowest BCUT2D eigenvalue weighted by Crippen LogP contribution is -3.00. The zero-order chi connectivity index (χ0) is 20.4. The third-order valence-electron chi connectivity index (χ3n) is 6.16. The van der Waals surface area contributed by atoms with Crippen molar-refractivity contribution < 1.29 is 15.2 Å². The van der Waals surface area contributed by atoms with E-state index in [9.17, 15) is 20.0 Å². The van der Waals surface area contributed by atoms with Gasteiger partial charge in [0.2, 0.25) is 11.6 Å². The van der Waals surface area contributed by atoms with Gasteiger partial charge in [-0.1, -0.05) is 6.42 Å². The summed E-state index contributed by atoms with van der Waals surface area (Å²) in [6, 6.07) is 7.19. The molecular weight excluding hydrogens is 372 g/mol. The normalized spacial score (nSPS) is 21.7. The highest BCUT2D eigenvalue weighted by Gasteiger charge is 2.36. The molecule has 156 valence electrons. The van der Waals surface area contributed by atoms with Crippen molar-refractivity contribution in [3.05, 3.63) is 57.9 Å². The summed E-state index contributed by atoms with van der Waals surface area (Å²) < 4.78 is 3.77. The molecule has 4 rings (SSSR count). The molecule has 2 aliphatic rings. The molecule has 4 heterocycles. The number of unbranched alkanes of at least 4 members (excludes halogenated alkanes) is 2. The Hall–Kier alpha value is -2.42. The number of aryl methyl sites for hydroxylation is 1. The molecular formula is C21H28N4O4. The Kier molecular flexibility index (Phi) is 5.84. The minimum Gasteiger partial charge on any atom is -0.595 e. The van der Waals surface area contributed by atoms with Crippen molar-refractivity contribution in [3.8, 4) is 0 Å². The van der Waals surface area contributed by atoms with Crippen LogP contribution < -0.4 is 10.8 Å². The van der Waals surface area contributed by atoms with Gasteiger partial charge in [0, 0.05) is 62.7 Å². The molecule has 3 unspecified atom stereocenters. The van der Waals surface area contributed by atoms with E-state index in [2.05, 4.69) is 17.0 Å². The summed E-state index contributed by atoms with van der Waals surface area (Å²) in [6.07, 6.45) is 8.61. The summed E-state index contributed by atoms with van der Waals surface area (Å²) in [5.74, 6) is 0.509. The lowest BCUT2D eigenvalue weighted by molar-refractivity contribution is -0.992. The fourth-order valence-electron chi connectivity index (χ4n) is 4.74. The second-order valence-electron chi connectivity index (χ2n) is 8.22. The number of rotatable bonds is 7. The van der Waals surface area contributed by atoms with Crippen LogP contribution in [0.1, 0.15) is 43.7 Å². The van der Waals surface area contributed by atoms with Crippen LogP contribution in [0.2, 0.25) is 0 Å². The smallest absolute Gasteiger partial charge is 0.315 e. The molecule has 29 heavy (non-hydrogen) atoms. The Morgan fingerprint density at radius 2 is 1.93 bits per heavy atom. The fraction of sp³-hybridized carbons (Fsp3) is 0.524. The number of fused-ring (bicyclic) bond motifs is 4. The van der Waals surface area contributed by atoms with Crippen LogP contribution in [0.15, 0.2) is 41.5 Å². The van der Waals surface area contributed by atoms with Crippen LogP contribution in [-0.2, 0) is 17.9 Å². The highest BCUT2D eigenvalue weighted by molar-refractivity contribution is 5.76. The Morgan fingerprint density at radius 3 is 2.69 bits per heavy atom. The Morgan fingerprint density at radius 1 is 1.14 bits per heavy atom. The summed E-state index contributed by atoms with van der Waals surface area (Å²) in [5, 5.41) is 19.2. The van der Waals surface area contributed by atoms with Gasteiger partial charge in [-0.2, -0.15) is 5.23 Å². The van der Waals surface area contributed by atoms with Crippen LogP contribution in [0, 0.1) is 11.1 Å². The van der Waals surface area contributed by atoms with Gasteiger partial charge < -0.3 is 19.2 Å². The lowest BCUT2D eigenvalue weighted by atomic mass is 9.83. The number of quaternary nitrogens is 1. The lowest BCUT2D eigenvalue weighted by Gasteiger charge is -2.43. The number of carbonyl (C=O) groups is 1. The van der Waals surface area contributed by atoms with Crippen molar-refractivity contribution in [1.29, 1.82) is 0 Å². The highest BCUT2D eigenvalue weighted by atomic mass is 16.8. The van der Waals surface area contributed by atoms with E-state index in [1.807, 2.05) is 17.0 Å². The number of aromatic nitrogens is 2. The maximum absolute atomic E-state index is 12.7. The van der Waals surface area contributed by atoms with Gasteiger partial charge in [-0.05, 0) is 43.4 Å². The summed E-state index contributed by atoms with van der Waals surface area (Å²) in [4.78, 5) is 27.2. The zero-order valence-corrected chi connectivity index (χ0v) is 16.5. The van der Waals surface area contributed by atoms with Crippen molar-refractivity contribution in [3.63, 3.8) is 0 Å². The van der Waals surface area contributed by atoms with Crippen LogP contribution in [0.5, 0.6) is 0 Å². The first-order chi connectivity index (χ1) is 14.0. The summed E-state index contributed by atoms with van der Waals surface area (Å²) in [6.45, 7) is 2.75. The number of amides is 1. The molecule has 3 atom stereocenters. The average Bonchev–Trinajstić information content (AvgIpc) is 3.21. The Bertz CT molecular complexity index is 906. The monoisotopic (exact) mass is 400 g/mol. The largest absolute Gasteiger partial charge is 0.595 e. The van der Waals surface area contributed by atoms with Crippen LogP contribution in [0.25, 0.3) is 0 Å². The minimum atomic E-state index is -1.19. The number of pyridine rings is 1. The second kappa shape index (κ2) is 8.52. The van der Waals surface area contributed by atoms with E-state index in [0.717, 1.165) is 37.9 Å². The van der Waals surface area contributed by atoms with Gasteiger partial charge in [0.15, 0.2) is 0 Å². The van der Waals surface area contributed by atoms with E-state index in [-0.39, 0.29) is 23.4 Å². The van der Waals surface area contributed by atoms with Gasteiger partial charge in [0.05, 0.1) is 0 Å². The summed E-state index contributed by atoms with van der Waals surface area (Å²) in [7, 11) is 0. The summed E-state index contributed by atoms with van der Waals surface area (Å²) >= 11 is 0. The molecule has 1 amide bonds. The van der Waals surface area contributed by atoms with Crippen LogP contribution >= 0.6 is 0 Å². The first-order valence-electron chi connectivity index (χ1n) is 10.4. The molecule has 0 spiro atoms. The SMILES string of the molecule is O=C(CCCCCn1cccc1)N1CC2CC(C1)c1ccc([NH+]([O-])O)c(=O)n1C2. The third kappa shape index (κ3) is 4.29. The quantitative estimate of drug-likeness (QED) is 0.540. The molecule has 2 N–H and O–H groups in total. The topological polar surface area (TPSA) is 95.0 Å². The molecule has 0 aliphatic carbocycles. The van der Waals surface area contributed by atoms with Gasteiger partial charge in [-0.25, -0.2) is 5.21 Å². The molecule has 2 bridgehead atoms. The average molecular weight is 400 g/mol. The zero-order valence-electron chi connectivity index (χ0n) is 16.5. The molecule has 2 aromatic heterocycles. The maximum Gasteiger partial charge on any atom is 0.315 e. The minimum absolute atomic E-state index is 0.107. The van der Waals surface area contributed by atoms with Crippen molar-refractivity contribution in [2.24, 2.45) is 5.92 Å². The van der Waals surface area contributed by atoms with E-state index >= 15 is 0 Å². The number of nitrogens with one attached hydrogen (secondary N) is 1. The van der Waals surface area contributed by atoms with E-state index in [4.69, 9.17) is 0 Å². The maximum atomic E-state index is 12.7. The van der Waals surface area contributed by atoms with Crippen molar-refractivity contribution >= 4 is 11.6 Å². The Labute approximate surface area is 169 Å². The molecule has 0 radical (unpaired) electrons. The van der Waals surface area contributed by atoms with Gasteiger partial charge in [0.25, 0.3) is 0 Å². The van der Waals surface area contributed by atoms with E-state index < -0.39 is 10.8 Å². The molecule has 2 aromatic rings. The molecule has 1 fully saturated rings. The van der Waals surface area contributed by atoms with Gasteiger partial charge in [-0.3, -0.25) is 9.59 Å². The number of carbonyl (C=O) groups excluding carboxylic acids is 1. The van der Waals surface area contributed by atoms with Crippen molar-refractivity contribution in [2.75, 3.05) is 13.1 Å². The van der Waals surface area contributed by atoms with Gasteiger partial charge in [-0.15, -0.1) is 0 Å². The molecule has 8 heteroatoms. The molecule has 0 saturated carbocycles. The molecule has 2 aliphatic heterocycles. The number of hydrogen-bond donors (Lipinski definition) is 2. The van der Waals surface area contributed by atoms with Crippen molar-refractivity contribution in [1.82, 2.24) is 14.0 Å². The van der Waals surface area contributed by atoms with Crippen molar-refractivity contribution in [2.45, 2.75) is 51.1 Å². The number of piperidine rings is 1. The third-order valence-corrected chi connectivity index (χ3v) is 6.16. The van der Waals surface area contributed by atoms with Crippen LogP contribution in [0.4, 0.5) is 5.69 Å². The predicted octanol–water partition coefficient (Wildman–Crippen LogP) is 1.26. The summed E-state index contributed by atoms with van der Waals surface area (Å²) in [5.41, 5.74) is 0.259. The van der Waals surface area contributed by atoms with Gasteiger partial charge in [0.1, 0.15) is 0 Å². The first kappa shape index (κ1) is 19.9. The van der Waals surface area contributed by atoms with E-state index in [1.165, 1.54) is 6.07 Å². The standard InChI is InChI=1S/C21H28N4O4/c26-20(6-2-1-3-9-22-10-4-5-11-22)23-13-16-12-17(15-23)18-7-8-19(25(28)29)21(27)24(18)14-16/h4-5,7-8,10-11,16-17,25,28H,1-3,6,9,12-15H2. The molecule has 0 aromatic carbocycles.